The molecule has 0 bridgehead atoms. The first kappa shape index (κ1) is 24.3. The van der Waals surface area contributed by atoms with Crippen molar-refractivity contribution in [1.82, 2.24) is 4.98 Å². The van der Waals surface area contributed by atoms with Gasteiger partial charge in [-0.25, -0.2) is 4.98 Å². The Kier molecular flexibility index (Phi) is 5.44. The van der Waals surface area contributed by atoms with Crippen LogP contribution in [0.1, 0.15) is 0 Å². The minimum Gasteiger partial charge on any atom is -0.245 e. The van der Waals surface area contributed by atoms with Gasteiger partial charge >= 0.3 is 0 Å². The van der Waals surface area contributed by atoms with Crippen molar-refractivity contribution in [3.63, 3.8) is 0 Å². The van der Waals surface area contributed by atoms with E-state index in [1.54, 1.807) is 11.3 Å². The number of aromatic nitrogens is 1. The van der Waals surface area contributed by atoms with Gasteiger partial charge < -0.3 is 0 Å². The van der Waals surface area contributed by atoms with Crippen LogP contribution in [0.3, 0.4) is 0 Å². The summed E-state index contributed by atoms with van der Waals surface area (Å²) in [5.74, 6) is 0. The van der Waals surface area contributed by atoms with Gasteiger partial charge in [0.25, 0.3) is 0 Å². The second kappa shape index (κ2) is 9.62. The Balaban J connectivity index is 1.32. The Morgan fingerprint density at radius 2 is 0.953 bits per heavy atom. The molecule has 0 radical (unpaired) electrons. The number of nitrogens with zero attached hydrogens (tertiary/aromatic N) is 1. The highest BCUT2D eigenvalue weighted by atomic mass is 32.1. The van der Waals surface area contributed by atoms with E-state index in [9.17, 15) is 0 Å². The van der Waals surface area contributed by atoms with Gasteiger partial charge in [-0.3, -0.25) is 0 Å². The standard InChI is InChI=1S/C41H25NS/c1-2-10-26(11-3-1)29-20-21-38-36(23-29)37-24-31(25-42-41(37)43-38)40-34-16-8-6-14-32(34)39(33-15-7-9-17-35(33)40)30-19-18-27-12-4-5-13-28(27)22-30/h1-25H. The monoisotopic (exact) mass is 563 g/mol. The average molecular weight is 564 g/mol. The molecule has 1 nitrogen and oxygen atoms in total. The molecule has 7 aromatic carbocycles. The lowest BCUT2D eigenvalue weighted by molar-refractivity contribution is 1.45. The van der Waals surface area contributed by atoms with E-state index in [-0.39, 0.29) is 0 Å². The second-order valence-electron chi connectivity index (χ2n) is 11.2. The largest absolute Gasteiger partial charge is 0.245 e. The van der Waals surface area contributed by atoms with Gasteiger partial charge in [-0.05, 0) is 84.4 Å². The molecule has 0 aliphatic rings. The van der Waals surface area contributed by atoms with Crippen molar-refractivity contribution in [2.24, 2.45) is 0 Å². The van der Waals surface area contributed by atoms with Crippen molar-refractivity contribution >= 4 is 64.0 Å². The molecule has 0 amide bonds. The van der Waals surface area contributed by atoms with Crippen LogP contribution in [0.15, 0.2) is 152 Å². The number of hydrogen-bond acceptors (Lipinski definition) is 2. The summed E-state index contributed by atoms with van der Waals surface area (Å²) in [6, 6.07) is 52.9. The molecule has 0 fully saturated rings. The Labute approximate surface area is 253 Å². The number of hydrogen-bond donors (Lipinski definition) is 0. The molecule has 0 spiro atoms. The first-order valence-corrected chi connectivity index (χ1v) is 15.4. The molecule has 0 saturated heterocycles. The van der Waals surface area contributed by atoms with Crippen molar-refractivity contribution in [3.05, 3.63) is 152 Å². The molecule has 9 rings (SSSR count). The van der Waals surface area contributed by atoms with Crippen molar-refractivity contribution in [3.8, 4) is 33.4 Å². The molecule has 0 N–H and O–H groups in total. The second-order valence-corrected chi connectivity index (χ2v) is 12.2. The van der Waals surface area contributed by atoms with Crippen LogP contribution in [-0.4, -0.2) is 4.98 Å². The first-order valence-electron chi connectivity index (χ1n) is 14.6. The van der Waals surface area contributed by atoms with E-state index in [0.717, 1.165) is 10.4 Å². The van der Waals surface area contributed by atoms with Crippen LogP contribution in [0.2, 0.25) is 0 Å². The zero-order chi connectivity index (χ0) is 28.3. The topological polar surface area (TPSA) is 12.9 Å². The van der Waals surface area contributed by atoms with E-state index in [1.807, 2.05) is 0 Å². The van der Waals surface area contributed by atoms with Gasteiger partial charge in [0, 0.05) is 27.2 Å². The summed E-state index contributed by atoms with van der Waals surface area (Å²) in [5, 5.41) is 9.99. The minimum absolute atomic E-state index is 1.07. The van der Waals surface area contributed by atoms with Crippen LogP contribution in [-0.2, 0) is 0 Å². The average Bonchev–Trinajstić information content (AvgIpc) is 3.44. The van der Waals surface area contributed by atoms with E-state index in [1.165, 1.54) is 75.6 Å². The minimum atomic E-state index is 1.07. The number of pyridine rings is 1. The summed E-state index contributed by atoms with van der Waals surface area (Å²) in [5.41, 5.74) is 7.37. The van der Waals surface area contributed by atoms with E-state index in [2.05, 4.69) is 152 Å². The van der Waals surface area contributed by atoms with Crippen LogP contribution < -0.4 is 0 Å². The molecule has 0 aliphatic carbocycles. The molecule has 2 aromatic heterocycles. The van der Waals surface area contributed by atoms with E-state index in [0.29, 0.717) is 0 Å². The van der Waals surface area contributed by atoms with E-state index < -0.39 is 0 Å². The van der Waals surface area contributed by atoms with Gasteiger partial charge in [-0.1, -0.05) is 121 Å². The van der Waals surface area contributed by atoms with Gasteiger partial charge in [-0.2, -0.15) is 0 Å². The third-order valence-corrected chi connectivity index (χ3v) is 9.79. The van der Waals surface area contributed by atoms with Crippen LogP contribution in [0.4, 0.5) is 0 Å². The fourth-order valence-corrected chi connectivity index (χ4v) is 7.71. The van der Waals surface area contributed by atoms with Crippen LogP contribution in [0, 0.1) is 0 Å². The fourth-order valence-electron chi connectivity index (χ4n) is 6.70. The lowest BCUT2D eigenvalue weighted by atomic mass is 9.86. The highest BCUT2D eigenvalue weighted by molar-refractivity contribution is 7.25. The maximum atomic E-state index is 5.04. The van der Waals surface area contributed by atoms with Crippen LogP contribution in [0.25, 0.3) is 86.0 Å². The smallest absolute Gasteiger partial charge is 0.124 e. The molecule has 200 valence electrons. The Bertz CT molecular complexity index is 2450. The maximum Gasteiger partial charge on any atom is 0.124 e. The summed E-state index contributed by atoms with van der Waals surface area (Å²) in [6.07, 6.45) is 2.07. The zero-order valence-corrected chi connectivity index (χ0v) is 24.1. The molecule has 43 heavy (non-hydrogen) atoms. The predicted octanol–water partition coefficient (Wildman–Crippen LogP) is 11.9. The highest BCUT2D eigenvalue weighted by Crippen LogP contribution is 2.45. The SMILES string of the molecule is c1ccc(-c2ccc3sc4ncc(-c5c6ccccc6c(-c6ccc7ccccc7c6)c6ccccc56)cc4c3c2)cc1. The van der Waals surface area contributed by atoms with Gasteiger partial charge in [0.1, 0.15) is 4.83 Å². The van der Waals surface area contributed by atoms with E-state index in [4.69, 9.17) is 4.98 Å². The summed E-state index contributed by atoms with van der Waals surface area (Å²) < 4.78 is 1.26. The van der Waals surface area contributed by atoms with Crippen LogP contribution >= 0.6 is 11.3 Å². The molecule has 0 unspecified atom stereocenters. The van der Waals surface area contributed by atoms with Crippen molar-refractivity contribution < 1.29 is 0 Å². The van der Waals surface area contributed by atoms with E-state index >= 15 is 0 Å². The quantitative estimate of drug-likeness (QED) is 0.195. The molecular weight excluding hydrogens is 539 g/mol. The van der Waals surface area contributed by atoms with Crippen LogP contribution in [0.5, 0.6) is 0 Å². The molecule has 0 aliphatic heterocycles. The van der Waals surface area contributed by atoms with Gasteiger partial charge in [0.15, 0.2) is 0 Å². The van der Waals surface area contributed by atoms with Gasteiger partial charge in [0.05, 0.1) is 0 Å². The summed E-state index contributed by atoms with van der Waals surface area (Å²) in [7, 11) is 0. The number of thiophene rings is 1. The summed E-state index contributed by atoms with van der Waals surface area (Å²) in [6.45, 7) is 0. The summed E-state index contributed by atoms with van der Waals surface area (Å²) in [4.78, 5) is 6.12. The molecule has 2 heteroatoms. The maximum absolute atomic E-state index is 5.04. The third kappa shape index (κ3) is 3.88. The van der Waals surface area contributed by atoms with Gasteiger partial charge in [0.2, 0.25) is 0 Å². The lowest BCUT2D eigenvalue weighted by Gasteiger charge is -2.18. The van der Waals surface area contributed by atoms with Crippen molar-refractivity contribution in [1.29, 1.82) is 0 Å². The predicted molar refractivity (Wildman–Crippen MR) is 186 cm³/mol. The first-order chi connectivity index (χ1) is 21.3. The highest BCUT2D eigenvalue weighted by Gasteiger charge is 2.18. The normalized spacial score (nSPS) is 11.7. The Hall–Kier alpha value is -5.31. The van der Waals surface area contributed by atoms with Crippen molar-refractivity contribution in [2.45, 2.75) is 0 Å². The summed E-state index contributed by atoms with van der Waals surface area (Å²) >= 11 is 1.77. The molecule has 0 atom stereocenters. The number of rotatable bonds is 3. The third-order valence-electron chi connectivity index (χ3n) is 8.69. The van der Waals surface area contributed by atoms with Gasteiger partial charge in [-0.15, -0.1) is 11.3 Å². The number of benzene rings is 7. The van der Waals surface area contributed by atoms with Crippen molar-refractivity contribution in [2.75, 3.05) is 0 Å². The molecule has 2 heterocycles. The fraction of sp³-hybridized carbons (Fsp3) is 0. The Morgan fingerprint density at radius 3 is 1.67 bits per heavy atom. The lowest BCUT2D eigenvalue weighted by Crippen LogP contribution is -1.91. The molecule has 9 aromatic rings. The number of fused-ring (bicyclic) bond motifs is 6. The Morgan fingerprint density at radius 1 is 0.372 bits per heavy atom. The molecule has 0 saturated carbocycles. The molecular formula is C41H25NS. The zero-order valence-electron chi connectivity index (χ0n) is 23.3.